The normalized spacial score (nSPS) is 10.2. The molecule has 0 atom stereocenters. The van der Waals surface area contributed by atoms with E-state index in [0.29, 0.717) is 46.7 Å². The number of carbonyl (C=O) groups excluding carboxylic acids is 2. The first-order valence-corrected chi connectivity index (χ1v) is 12.5. The molecular weight excluding hydrogens is 537 g/mol. The van der Waals surface area contributed by atoms with Crippen LogP contribution in [-0.2, 0) is 4.79 Å². The largest absolute Gasteiger partial charge is 0.492 e. The second-order valence-electron chi connectivity index (χ2n) is 7.52. The molecule has 2 amide bonds. The minimum absolute atomic E-state index is 0.0408. The number of thiocarbonyl (C=S) groups is 1. The summed E-state index contributed by atoms with van der Waals surface area (Å²) in [5, 5.41) is 3.37. The first-order chi connectivity index (χ1) is 17.9. The predicted octanol–water partition coefficient (Wildman–Crippen LogP) is 4.95. The third kappa shape index (κ3) is 10.2. The Morgan fingerprint density at radius 3 is 2.14 bits per heavy atom. The van der Waals surface area contributed by atoms with Crippen molar-refractivity contribution in [2.75, 3.05) is 19.8 Å². The van der Waals surface area contributed by atoms with Crippen LogP contribution in [0.1, 0.15) is 23.2 Å². The molecule has 0 heterocycles. The Morgan fingerprint density at radius 2 is 1.46 bits per heavy atom. The summed E-state index contributed by atoms with van der Waals surface area (Å²) in [4.78, 5) is 24.4. The van der Waals surface area contributed by atoms with Crippen molar-refractivity contribution in [2.24, 2.45) is 0 Å². The van der Waals surface area contributed by atoms with Crippen molar-refractivity contribution in [3.8, 4) is 17.2 Å². The van der Waals surface area contributed by atoms with E-state index < -0.39 is 5.91 Å². The topological polar surface area (TPSA) is 97.9 Å². The zero-order valence-corrected chi connectivity index (χ0v) is 22.0. The first-order valence-electron chi connectivity index (χ1n) is 11.3. The van der Waals surface area contributed by atoms with Gasteiger partial charge in [-0.15, -0.1) is 0 Å². The van der Waals surface area contributed by atoms with Crippen LogP contribution in [0, 0.1) is 0 Å². The van der Waals surface area contributed by atoms with E-state index in [1.54, 1.807) is 42.5 Å². The lowest BCUT2D eigenvalue weighted by Gasteiger charge is -2.12. The van der Waals surface area contributed by atoms with Crippen molar-refractivity contribution >= 4 is 52.3 Å². The molecule has 3 aromatic rings. The number of halogens is 2. The highest BCUT2D eigenvalue weighted by Crippen LogP contribution is 2.27. The Hall–Kier alpha value is -3.53. The van der Waals surface area contributed by atoms with E-state index >= 15 is 0 Å². The van der Waals surface area contributed by atoms with Crippen molar-refractivity contribution in [3.05, 3.63) is 88.4 Å². The van der Waals surface area contributed by atoms with Gasteiger partial charge in [-0.2, -0.15) is 0 Å². The number of para-hydroxylation sites is 1. The average molecular weight is 562 g/mol. The molecule has 0 aliphatic heterocycles. The molecule has 0 unspecified atom stereocenters. The van der Waals surface area contributed by atoms with Crippen molar-refractivity contribution in [3.63, 3.8) is 0 Å². The molecule has 0 saturated heterocycles. The second kappa shape index (κ2) is 14.9. The summed E-state index contributed by atoms with van der Waals surface area (Å²) in [5.74, 6) is 1.11. The van der Waals surface area contributed by atoms with Crippen LogP contribution in [-0.4, -0.2) is 36.7 Å². The van der Waals surface area contributed by atoms with Crippen molar-refractivity contribution in [1.29, 1.82) is 0 Å². The van der Waals surface area contributed by atoms with Crippen molar-refractivity contribution < 1.29 is 23.8 Å². The summed E-state index contributed by atoms with van der Waals surface area (Å²) in [5.41, 5.74) is 5.31. The van der Waals surface area contributed by atoms with E-state index in [2.05, 4.69) is 16.2 Å². The van der Waals surface area contributed by atoms with Crippen LogP contribution in [0.4, 0.5) is 0 Å². The third-order valence-electron chi connectivity index (χ3n) is 4.72. The fourth-order valence-electron chi connectivity index (χ4n) is 2.94. The highest BCUT2D eigenvalue weighted by molar-refractivity contribution is 7.80. The molecule has 3 aromatic carbocycles. The number of rotatable bonds is 11. The molecule has 0 fully saturated rings. The molecule has 0 spiro atoms. The van der Waals surface area contributed by atoms with Crippen LogP contribution in [0.25, 0.3) is 0 Å². The predicted molar refractivity (Wildman–Crippen MR) is 146 cm³/mol. The fraction of sp³-hybridized carbons (Fsp3) is 0.192. The summed E-state index contributed by atoms with van der Waals surface area (Å²) in [6.07, 6.45) is 0.616. The number of nitrogens with one attached hydrogen (secondary N) is 3. The lowest BCUT2D eigenvalue weighted by atomic mass is 10.2. The quantitative estimate of drug-likeness (QED) is 0.173. The van der Waals surface area contributed by atoms with E-state index in [4.69, 9.17) is 49.6 Å². The van der Waals surface area contributed by atoms with Gasteiger partial charge in [-0.25, -0.2) is 0 Å². The monoisotopic (exact) mass is 561 g/mol. The third-order valence-corrected chi connectivity index (χ3v) is 5.46. The van der Waals surface area contributed by atoms with Gasteiger partial charge in [0.05, 0.1) is 11.6 Å². The van der Waals surface area contributed by atoms with Gasteiger partial charge in [0.15, 0.2) is 5.11 Å². The Bertz CT molecular complexity index is 1200. The van der Waals surface area contributed by atoms with Gasteiger partial charge >= 0.3 is 0 Å². The van der Waals surface area contributed by atoms with Crippen LogP contribution < -0.4 is 30.4 Å². The second-order valence-corrected chi connectivity index (χ2v) is 8.77. The molecule has 0 radical (unpaired) electrons. The van der Waals surface area contributed by atoms with Gasteiger partial charge in [0.2, 0.25) is 5.91 Å². The van der Waals surface area contributed by atoms with E-state index in [0.717, 1.165) is 5.75 Å². The molecule has 3 rings (SSSR count). The van der Waals surface area contributed by atoms with Gasteiger partial charge in [-0.1, -0.05) is 41.4 Å². The van der Waals surface area contributed by atoms with Crippen molar-refractivity contribution in [2.45, 2.75) is 12.8 Å². The molecule has 0 saturated carbocycles. The fourth-order valence-corrected chi connectivity index (χ4v) is 3.55. The van der Waals surface area contributed by atoms with Crippen LogP contribution in [0.15, 0.2) is 72.8 Å². The summed E-state index contributed by atoms with van der Waals surface area (Å²) < 4.78 is 16.7. The van der Waals surface area contributed by atoms with E-state index in [1.165, 1.54) is 0 Å². The van der Waals surface area contributed by atoms with Gasteiger partial charge in [0.25, 0.3) is 5.91 Å². The average Bonchev–Trinajstić information content (AvgIpc) is 2.90. The number of hydrogen-bond donors (Lipinski definition) is 3. The molecule has 0 aliphatic carbocycles. The first kappa shape index (κ1) is 28.0. The Balaban J connectivity index is 1.29. The molecule has 8 nitrogen and oxygen atoms in total. The number of ether oxygens (including phenoxy) is 3. The van der Waals surface area contributed by atoms with Gasteiger partial charge in [-0.05, 0) is 73.2 Å². The van der Waals surface area contributed by atoms with Gasteiger partial charge in [0.1, 0.15) is 30.5 Å². The zero-order chi connectivity index (χ0) is 26.5. The van der Waals surface area contributed by atoms with Gasteiger partial charge < -0.3 is 14.2 Å². The maximum absolute atomic E-state index is 12.4. The molecule has 11 heteroatoms. The molecule has 37 heavy (non-hydrogen) atoms. The standard InChI is InChI=1S/C26H25Cl2N3O5S/c27-19-10-13-23(22(28)17-19)36-14-4-7-24(32)30-31-26(37)29-25(33)18-8-11-21(12-9-18)35-16-15-34-20-5-2-1-3-6-20/h1-3,5-6,8-13,17H,4,7,14-16H2,(H,30,32)(H2,29,31,33,37). The number of benzene rings is 3. The van der Waals surface area contributed by atoms with E-state index in [1.807, 2.05) is 30.3 Å². The molecular formula is C26H25Cl2N3O5S. The Morgan fingerprint density at radius 1 is 0.784 bits per heavy atom. The van der Waals surface area contributed by atoms with E-state index in [9.17, 15) is 9.59 Å². The van der Waals surface area contributed by atoms with E-state index in [-0.39, 0.29) is 24.0 Å². The number of carbonyl (C=O) groups is 2. The Labute approximate surface area is 230 Å². The van der Waals surface area contributed by atoms with Crippen LogP contribution in [0.3, 0.4) is 0 Å². The SMILES string of the molecule is O=C(CCCOc1ccc(Cl)cc1Cl)NNC(=S)NC(=O)c1ccc(OCCOc2ccccc2)cc1. The number of amides is 2. The molecule has 0 bridgehead atoms. The summed E-state index contributed by atoms with van der Waals surface area (Å²) >= 11 is 16.9. The zero-order valence-electron chi connectivity index (χ0n) is 19.7. The number of hydrogen-bond acceptors (Lipinski definition) is 6. The Kier molecular flexibility index (Phi) is 11.3. The van der Waals surface area contributed by atoms with Gasteiger partial charge in [-0.3, -0.25) is 25.8 Å². The highest BCUT2D eigenvalue weighted by atomic mass is 35.5. The van der Waals surface area contributed by atoms with Crippen LogP contribution >= 0.6 is 35.4 Å². The lowest BCUT2D eigenvalue weighted by molar-refractivity contribution is -0.121. The van der Waals surface area contributed by atoms with Crippen LogP contribution in [0.2, 0.25) is 10.0 Å². The summed E-state index contributed by atoms with van der Waals surface area (Å²) in [7, 11) is 0. The maximum Gasteiger partial charge on any atom is 0.257 e. The van der Waals surface area contributed by atoms with Crippen molar-refractivity contribution in [1.82, 2.24) is 16.2 Å². The molecule has 194 valence electrons. The summed E-state index contributed by atoms with van der Waals surface area (Å²) in [6.45, 7) is 1.03. The molecule has 0 aliphatic rings. The lowest BCUT2D eigenvalue weighted by Crippen LogP contribution is -2.48. The molecule has 3 N–H and O–H groups in total. The van der Waals surface area contributed by atoms with Crippen LogP contribution in [0.5, 0.6) is 17.2 Å². The molecule has 0 aromatic heterocycles. The minimum Gasteiger partial charge on any atom is -0.492 e. The van der Waals surface area contributed by atoms with Gasteiger partial charge in [0, 0.05) is 17.0 Å². The highest BCUT2D eigenvalue weighted by Gasteiger charge is 2.09. The smallest absolute Gasteiger partial charge is 0.257 e. The minimum atomic E-state index is -0.432. The maximum atomic E-state index is 12.4. The summed E-state index contributed by atoms with van der Waals surface area (Å²) in [6, 6.07) is 20.9. The number of hydrazine groups is 1.